The average molecular weight is 360 g/mol. The van der Waals surface area contributed by atoms with Crippen LogP contribution in [0.3, 0.4) is 0 Å². The number of benzene rings is 2. The van der Waals surface area contributed by atoms with Gasteiger partial charge in [-0.05, 0) is 12.1 Å². The zero-order valence-corrected chi connectivity index (χ0v) is 13.4. The van der Waals surface area contributed by atoms with E-state index in [-0.39, 0.29) is 34.8 Å². The highest BCUT2D eigenvalue weighted by atomic mass is 16.6. The van der Waals surface area contributed by atoms with Crippen LogP contribution in [-0.2, 0) is 0 Å². The molecule has 2 aromatic rings. The van der Waals surface area contributed by atoms with Crippen LogP contribution in [-0.4, -0.2) is 20.6 Å². The normalized spacial score (nSPS) is 10.2. The maximum atomic E-state index is 12.0. The molecule has 0 bridgehead atoms. The number of nitro groups is 3. The second-order valence-electron chi connectivity index (χ2n) is 5.10. The van der Waals surface area contributed by atoms with Crippen LogP contribution in [0.1, 0.15) is 23.7 Å². The number of hydrogen-bond acceptors (Lipinski definition) is 8. The minimum absolute atomic E-state index is 0.00278. The summed E-state index contributed by atoms with van der Waals surface area (Å²) in [7, 11) is 0. The van der Waals surface area contributed by atoms with Crippen LogP contribution in [0.15, 0.2) is 36.4 Å². The Morgan fingerprint density at radius 2 is 1.46 bits per heavy atom. The van der Waals surface area contributed by atoms with Crippen molar-refractivity contribution in [1.29, 1.82) is 0 Å². The molecule has 11 heteroatoms. The van der Waals surface area contributed by atoms with Gasteiger partial charge in [-0.3, -0.25) is 35.1 Å². The van der Waals surface area contributed by atoms with Gasteiger partial charge in [0.2, 0.25) is 0 Å². The zero-order chi connectivity index (χ0) is 19.4. The highest BCUT2D eigenvalue weighted by molar-refractivity contribution is 6.02. The van der Waals surface area contributed by atoms with Crippen LogP contribution in [0.4, 0.5) is 28.4 Å². The number of nitrogens with zero attached hydrogens (tertiary/aromatic N) is 3. The molecule has 0 aliphatic rings. The van der Waals surface area contributed by atoms with Gasteiger partial charge < -0.3 is 5.32 Å². The topological polar surface area (TPSA) is 159 Å². The number of ketones is 1. The van der Waals surface area contributed by atoms with E-state index < -0.39 is 26.1 Å². The molecule has 11 nitrogen and oxygen atoms in total. The molecule has 0 spiro atoms. The molecule has 1 N–H and O–H groups in total. The van der Waals surface area contributed by atoms with Gasteiger partial charge in [0.15, 0.2) is 5.78 Å². The van der Waals surface area contributed by atoms with Crippen molar-refractivity contribution >= 4 is 34.2 Å². The van der Waals surface area contributed by atoms with E-state index in [4.69, 9.17) is 0 Å². The number of anilines is 2. The van der Waals surface area contributed by atoms with Crippen molar-refractivity contribution in [2.24, 2.45) is 0 Å². The molecule has 2 rings (SSSR count). The first kappa shape index (κ1) is 18.4. The van der Waals surface area contributed by atoms with E-state index >= 15 is 0 Å². The van der Waals surface area contributed by atoms with Crippen LogP contribution in [0.5, 0.6) is 0 Å². The second-order valence-corrected chi connectivity index (χ2v) is 5.10. The maximum absolute atomic E-state index is 12.0. The Hall–Kier alpha value is -3.89. The third-order valence-electron chi connectivity index (χ3n) is 3.49. The molecular weight excluding hydrogens is 348 g/mol. The summed E-state index contributed by atoms with van der Waals surface area (Å²) in [4.78, 5) is 42.7. The number of nitrogens with one attached hydrogen (secondary N) is 1. The quantitative estimate of drug-likeness (QED) is 0.444. The fraction of sp³-hybridized carbons (Fsp3) is 0.133. The molecule has 0 saturated carbocycles. The number of carbonyl (C=O) groups excluding carboxylic acids is 1. The van der Waals surface area contributed by atoms with Crippen molar-refractivity contribution in [2.45, 2.75) is 13.3 Å². The molecule has 0 aliphatic carbocycles. The molecule has 0 aromatic heterocycles. The van der Waals surface area contributed by atoms with Crippen molar-refractivity contribution in [3.8, 4) is 0 Å². The molecule has 26 heavy (non-hydrogen) atoms. The first-order valence-corrected chi connectivity index (χ1v) is 7.26. The molecule has 2 aromatic carbocycles. The van der Waals surface area contributed by atoms with Crippen molar-refractivity contribution in [3.05, 3.63) is 72.3 Å². The standard InChI is InChI=1S/C15H12N4O7/c1-2-15(20)11-5-3-9(17(21)22)7-13(11)16-12-6-4-10(18(23)24)8-14(12)19(25)26/h3-8,16H,2H2,1H3. The van der Waals surface area contributed by atoms with E-state index in [1.807, 2.05) is 0 Å². The van der Waals surface area contributed by atoms with Gasteiger partial charge in [-0.15, -0.1) is 0 Å². The van der Waals surface area contributed by atoms with Crippen LogP contribution >= 0.6 is 0 Å². The molecule has 0 heterocycles. The van der Waals surface area contributed by atoms with Crippen LogP contribution < -0.4 is 5.32 Å². The van der Waals surface area contributed by atoms with Gasteiger partial charge in [0.1, 0.15) is 5.69 Å². The summed E-state index contributed by atoms with van der Waals surface area (Å²) < 4.78 is 0. The minimum atomic E-state index is -0.825. The number of nitro benzene ring substituents is 3. The van der Waals surface area contributed by atoms with Gasteiger partial charge in [0.05, 0.1) is 26.5 Å². The van der Waals surface area contributed by atoms with Crippen LogP contribution in [0.2, 0.25) is 0 Å². The molecule has 0 fully saturated rings. The zero-order valence-electron chi connectivity index (χ0n) is 13.4. The first-order valence-electron chi connectivity index (χ1n) is 7.26. The largest absolute Gasteiger partial charge is 0.349 e. The molecule has 134 valence electrons. The Kier molecular flexibility index (Phi) is 5.21. The number of non-ortho nitro benzene ring substituents is 2. The Morgan fingerprint density at radius 1 is 0.885 bits per heavy atom. The van der Waals surface area contributed by atoms with Crippen molar-refractivity contribution < 1.29 is 19.6 Å². The summed E-state index contributed by atoms with van der Waals surface area (Å²) in [5, 5.41) is 35.6. The summed E-state index contributed by atoms with van der Waals surface area (Å²) in [6.07, 6.45) is 0.120. The molecule has 0 saturated heterocycles. The third-order valence-corrected chi connectivity index (χ3v) is 3.49. The van der Waals surface area contributed by atoms with Crippen molar-refractivity contribution in [1.82, 2.24) is 0 Å². The van der Waals surface area contributed by atoms with E-state index in [2.05, 4.69) is 5.32 Å². The highest BCUT2D eigenvalue weighted by Gasteiger charge is 2.22. The van der Waals surface area contributed by atoms with Crippen molar-refractivity contribution in [3.63, 3.8) is 0 Å². The minimum Gasteiger partial charge on any atom is -0.349 e. The smallest absolute Gasteiger partial charge is 0.299 e. The first-order chi connectivity index (χ1) is 12.2. The number of carbonyl (C=O) groups is 1. The Morgan fingerprint density at radius 3 is 2.00 bits per heavy atom. The molecule has 0 atom stereocenters. The summed E-state index contributed by atoms with van der Waals surface area (Å²) in [6, 6.07) is 6.40. The molecule has 0 radical (unpaired) electrons. The SMILES string of the molecule is CCC(=O)c1ccc([N+](=O)[O-])cc1Nc1ccc([N+](=O)[O-])cc1[N+](=O)[O-]. The summed E-state index contributed by atoms with van der Waals surface area (Å²) in [5.41, 5.74) is -1.41. The van der Waals surface area contributed by atoms with Crippen molar-refractivity contribution in [2.75, 3.05) is 5.32 Å². The van der Waals surface area contributed by atoms with E-state index in [0.29, 0.717) is 0 Å². The van der Waals surface area contributed by atoms with Gasteiger partial charge in [-0.1, -0.05) is 6.92 Å². The van der Waals surface area contributed by atoms with E-state index in [1.54, 1.807) is 6.92 Å². The van der Waals surface area contributed by atoms with Gasteiger partial charge in [0.25, 0.3) is 17.1 Å². The fourth-order valence-electron chi connectivity index (χ4n) is 2.22. The predicted octanol–water partition coefficient (Wildman–Crippen LogP) is 3.75. The van der Waals surface area contributed by atoms with E-state index in [1.165, 1.54) is 6.07 Å². The lowest BCUT2D eigenvalue weighted by Crippen LogP contribution is -2.05. The lowest BCUT2D eigenvalue weighted by Gasteiger charge is -2.11. The summed E-state index contributed by atoms with van der Waals surface area (Å²) in [6.45, 7) is 1.60. The Bertz CT molecular complexity index is 926. The molecular formula is C15H12N4O7. The number of Topliss-reactive ketones (excluding diaryl/α,β-unsaturated/α-hetero) is 1. The highest BCUT2D eigenvalue weighted by Crippen LogP contribution is 2.34. The maximum Gasteiger partial charge on any atom is 0.299 e. The third kappa shape index (κ3) is 3.77. The fourth-order valence-corrected chi connectivity index (χ4v) is 2.22. The Labute approximate surface area is 145 Å². The van der Waals surface area contributed by atoms with Gasteiger partial charge >= 0.3 is 0 Å². The lowest BCUT2D eigenvalue weighted by atomic mass is 10.1. The monoisotopic (exact) mass is 360 g/mol. The number of rotatable bonds is 7. The van der Waals surface area contributed by atoms with Crippen LogP contribution in [0.25, 0.3) is 0 Å². The van der Waals surface area contributed by atoms with Gasteiger partial charge in [-0.25, -0.2) is 0 Å². The van der Waals surface area contributed by atoms with Gasteiger partial charge in [0, 0.05) is 30.2 Å². The summed E-state index contributed by atoms with van der Waals surface area (Å²) in [5.74, 6) is -0.327. The molecule has 0 amide bonds. The lowest BCUT2D eigenvalue weighted by molar-refractivity contribution is -0.393. The van der Waals surface area contributed by atoms with E-state index in [9.17, 15) is 35.1 Å². The second kappa shape index (κ2) is 7.34. The predicted molar refractivity (Wildman–Crippen MR) is 90.8 cm³/mol. The molecule has 0 unspecified atom stereocenters. The average Bonchev–Trinajstić information content (AvgIpc) is 2.60. The Balaban J connectivity index is 2.58. The van der Waals surface area contributed by atoms with Crippen LogP contribution in [0, 0.1) is 30.3 Å². The molecule has 0 aliphatic heterocycles. The summed E-state index contributed by atoms with van der Waals surface area (Å²) >= 11 is 0. The number of hydrogen-bond donors (Lipinski definition) is 1. The van der Waals surface area contributed by atoms with Gasteiger partial charge in [-0.2, -0.15) is 0 Å². The van der Waals surface area contributed by atoms with E-state index in [0.717, 1.165) is 30.3 Å².